The lowest BCUT2D eigenvalue weighted by atomic mass is 9.88. The number of fused-ring (bicyclic) bond motifs is 1. The highest BCUT2D eigenvalue weighted by molar-refractivity contribution is 6.06. The van der Waals surface area contributed by atoms with E-state index in [1.165, 1.54) is 16.0 Å². The van der Waals surface area contributed by atoms with Crippen LogP contribution in [0.1, 0.15) is 36.8 Å². The summed E-state index contributed by atoms with van der Waals surface area (Å²) in [6, 6.07) is 8.71. The number of benzene rings is 1. The van der Waals surface area contributed by atoms with Gasteiger partial charge in [0.2, 0.25) is 11.8 Å². The van der Waals surface area contributed by atoms with Crippen LogP contribution in [0, 0.1) is 0 Å². The summed E-state index contributed by atoms with van der Waals surface area (Å²) in [7, 11) is 0. The van der Waals surface area contributed by atoms with Crippen LogP contribution in [0.15, 0.2) is 24.3 Å². The maximum absolute atomic E-state index is 12.4. The molecule has 0 aromatic heterocycles. The Balaban J connectivity index is 1.43. The molecule has 0 radical (unpaired) electrons. The maximum Gasteiger partial charge on any atom is 0.247 e. The van der Waals surface area contributed by atoms with Crippen LogP contribution in [0.3, 0.4) is 0 Å². The summed E-state index contributed by atoms with van der Waals surface area (Å²) in [5.74, 6) is 0.0116. The summed E-state index contributed by atoms with van der Waals surface area (Å²) < 4.78 is 0. The van der Waals surface area contributed by atoms with Gasteiger partial charge < -0.3 is 5.32 Å². The number of carbonyl (C=O) groups excluding carboxylic acids is 2. The van der Waals surface area contributed by atoms with Gasteiger partial charge in [-0.15, -0.1) is 0 Å². The first kappa shape index (κ1) is 13.0. The number of carbonyl (C=O) groups is 2. The third-order valence-corrected chi connectivity index (χ3v) is 4.88. The highest BCUT2D eigenvalue weighted by Gasteiger charge is 2.46. The van der Waals surface area contributed by atoms with E-state index in [0.717, 1.165) is 32.1 Å². The zero-order chi connectivity index (χ0) is 14.4. The minimum Gasteiger partial charge on any atom is -0.302 e. The van der Waals surface area contributed by atoms with Gasteiger partial charge >= 0.3 is 0 Å². The number of amides is 2. The van der Waals surface area contributed by atoms with Gasteiger partial charge in [-0.05, 0) is 43.2 Å². The fourth-order valence-corrected chi connectivity index (χ4v) is 3.62. The van der Waals surface area contributed by atoms with Crippen molar-refractivity contribution in [3.63, 3.8) is 0 Å². The number of nitrogens with one attached hydrogen (secondary N) is 1. The molecule has 1 N–H and O–H groups in total. The van der Waals surface area contributed by atoms with E-state index >= 15 is 0 Å². The van der Waals surface area contributed by atoms with Crippen LogP contribution in [0.4, 0.5) is 0 Å². The zero-order valence-electron chi connectivity index (χ0n) is 12.0. The van der Waals surface area contributed by atoms with Gasteiger partial charge in [-0.1, -0.05) is 24.3 Å². The van der Waals surface area contributed by atoms with Gasteiger partial charge in [0.1, 0.15) is 0 Å². The summed E-state index contributed by atoms with van der Waals surface area (Å²) in [5.41, 5.74) is 2.79. The third kappa shape index (κ3) is 2.38. The molecule has 2 atom stereocenters. The number of likely N-dealkylation sites (tertiary alicyclic amines) is 1. The van der Waals surface area contributed by atoms with Crippen molar-refractivity contribution in [1.29, 1.82) is 0 Å². The lowest BCUT2D eigenvalue weighted by molar-refractivity contribution is -0.139. The van der Waals surface area contributed by atoms with Crippen LogP contribution in [0.5, 0.6) is 0 Å². The highest BCUT2D eigenvalue weighted by Crippen LogP contribution is 2.32. The van der Waals surface area contributed by atoms with Crippen LogP contribution < -0.4 is 5.32 Å². The Hall–Kier alpha value is -1.68. The van der Waals surface area contributed by atoms with Crippen molar-refractivity contribution in [2.45, 2.75) is 56.7 Å². The Labute approximate surface area is 124 Å². The minimum atomic E-state index is -0.298. The monoisotopic (exact) mass is 284 g/mol. The summed E-state index contributed by atoms with van der Waals surface area (Å²) >= 11 is 0. The Kier molecular flexibility index (Phi) is 3.07. The lowest BCUT2D eigenvalue weighted by Crippen LogP contribution is -2.46. The van der Waals surface area contributed by atoms with E-state index < -0.39 is 0 Å². The quantitative estimate of drug-likeness (QED) is 0.854. The van der Waals surface area contributed by atoms with E-state index in [1.807, 2.05) is 0 Å². The van der Waals surface area contributed by atoms with Crippen LogP contribution in [0.2, 0.25) is 0 Å². The number of rotatable bonds is 3. The first-order valence-corrected chi connectivity index (χ1v) is 7.91. The smallest absolute Gasteiger partial charge is 0.247 e. The van der Waals surface area contributed by atoms with Crippen LogP contribution >= 0.6 is 0 Å². The van der Waals surface area contributed by atoms with E-state index in [1.54, 1.807) is 0 Å². The van der Waals surface area contributed by atoms with E-state index in [9.17, 15) is 9.59 Å². The number of aryl methyl sites for hydroxylation is 1. The first-order chi connectivity index (χ1) is 10.2. The number of nitrogens with zero attached hydrogens (tertiary/aromatic N) is 1. The first-order valence-electron chi connectivity index (χ1n) is 7.91. The number of imide groups is 1. The van der Waals surface area contributed by atoms with Crippen molar-refractivity contribution >= 4 is 11.8 Å². The van der Waals surface area contributed by atoms with Crippen LogP contribution in [-0.2, 0) is 22.4 Å². The molecule has 1 aromatic rings. The molecule has 1 heterocycles. The summed E-state index contributed by atoms with van der Waals surface area (Å²) in [6.07, 6.45) is 5.36. The molecule has 0 bridgehead atoms. The molecule has 0 spiro atoms. The van der Waals surface area contributed by atoms with E-state index in [0.29, 0.717) is 12.5 Å². The van der Waals surface area contributed by atoms with Crippen molar-refractivity contribution in [2.75, 3.05) is 0 Å². The molecule has 21 heavy (non-hydrogen) atoms. The molecular formula is C17H20N2O2. The Morgan fingerprint density at radius 3 is 2.52 bits per heavy atom. The number of hydrogen-bond acceptors (Lipinski definition) is 3. The Morgan fingerprint density at radius 1 is 1.00 bits per heavy atom. The van der Waals surface area contributed by atoms with Crippen molar-refractivity contribution in [3.05, 3.63) is 35.4 Å². The van der Waals surface area contributed by atoms with Crippen LogP contribution in [-0.4, -0.2) is 34.8 Å². The largest absolute Gasteiger partial charge is 0.302 e. The average molecular weight is 284 g/mol. The van der Waals surface area contributed by atoms with Gasteiger partial charge in [0.15, 0.2) is 0 Å². The van der Waals surface area contributed by atoms with Crippen molar-refractivity contribution in [3.8, 4) is 0 Å². The molecule has 2 fully saturated rings. The highest BCUT2D eigenvalue weighted by atomic mass is 16.2. The SMILES string of the molecule is O=C1CC(NC2CCc3ccccc3C2)C(=O)N1C1CC1. The van der Waals surface area contributed by atoms with E-state index in [2.05, 4.69) is 29.6 Å². The second kappa shape index (κ2) is 4.95. The molecule has 1 aromatic carbocycles. The molecule has 4 heteroatoms. The second-order valence-corrected chi connectivity index (χ2v) is 6.46. The molecule has 2 amide bonds. The second-order valence-electron chi connectivity index (χ2n) is 6.46. The molecule has 110 valence electrons. The molecule has 2 aliphatic carbocycles. The average Bonchev–Trinajstić information content (AvgIpc) is 3.27. The fraction of sp³-hybridized carbons (Fsp3) is 0.529. The van der Waals surface area contributed by atoms with Crippen molar-refractivity contribution < 1.29 is 9.59 Å². The molecule has 4 nitrogen and oxygen atoms in total. The Morgan fingerprint density at radius 2 is 1.76 bits per heavy atom. The normalized spacial score (nSPS) is 28.9. The van der Waals surface area contributed by atoms with Gasteiger partial charge in [0, 0.05) is 12.1 Å². The number of hydrogen-bond donors (Lipinski definition) is 1. The molecule has 4 rings (SSSR count). The minimum absolute atomic E-state index is 0.00126. The predicted molar refractivity (Wildman–Crippen MR) is 78.7 cm³/mol. The van der Waals surface area contributed by atoms with Crippen LogP contribution in [0.25, 0.3) is 0 Å². The predicted octanol–water partition coefficient (Wildman–Crippen LogP) is 1.42. The molecule has 1 saturated heterocycles. The summed E-state index contributed by atoms with van der Waals surface area (Å²) in [5, 5.41) is 3.44. The van der Waals surface area contributed by atoms with E-state index in [4.69, 9.17) is 0 Å². The molecule has 1 aliphatic heterocycles. The third-order valence-electron chi connectivity index (χ3n) is 4.88. The zero-order valence-corrected chi connectivity index (χ0v) is 12.0. The van der Waals surface area contributed by atoms with Gasteiger partial charge in [0.05, 0.1) is 12.5 Å². The molecule has 1 saturated carbocycles. The maximum atomic E-state index is 12.4. The molecule has 2 unspecified atom stereocenters. The summed E-state index contributed by atoms with van der Waals surface area (Å²) in [6.45, 7) is 0. The molecule has 3 aliphatic rings. The van der Waals surface area contributed by atoms with Gasteiger partial charge in [0.25, 0.3) is 0 Å². The lowest BCUT2D eigenvalue weighted by Gasteiger charge is -2.27. The Bertz CT molecular complexity index is 594. The topological polar surface area (TPSA) is 49.4 Å². The summed E-state index contributed by atoms with van der Waals surface area (Å²) in [4.78, 5) is 25.8. The van der Waals surface area contributed by atoms with Gasteiger partial charge in [-0.25, -0.2) is 0 Å². The van der Waals surface area contributed by atoms with Gasteiger partial charge in [-0.3, -0.25) is 14.5 Å². The van der Waals surface area contributed by atoms with Gasteiger partial charge in [-0.2, -0.15) is 0 Å². The standard InChI is InChI=1S/C17H20N2O2/c20-16-10-15(17(21)19(16)14-7-8-14)18-13-6-5-11-3-1-2-4-12(11)9-13/h1-4,13-15,18H,5-10H2. The fourth-order valence-electron chi connectivity index (χ4n) is 3.62. The van der Waals surface area contributed by atoms with Crippen molar-refractivity contribution in [2.24, 2.45) is 0 Å². The van der Waals surface area contributed by atoms with E-state index in [-0.39, 0.29) is 23.9 Å². The molecular weight excluding hydrogens is 264 g/mol. The van der Waals surface area contributed by atoms with Crippen molar-refractivity contribution in [1.82, 2.24) is 10.2 Å².